The molecule has 25 heavy (non-hydrogen) atoms. The molecular formula is C20H23NO4. The van der Waals surface area contributed by atoms with E-state index >= 15 is 0 Å². The lowest BCUT2D eigenvalue weighted by molar-refractivity contribution is -0.143. The average Bonchev–Trinajstić information content (AvgIpc) is 2.60. The van der Waals surface area contributed by atoms with Gasteiger partial charge in [0.25, 0.3) is 5.91 Å². The van der Waals surface area contributed by atoms with E-state index in [0.29, 0.717) is 24.7 Å². The lowest BCUT2D eigenvalue weighted by Gasteiger charge is -2.33. The van der Waals surface area contributed by atoms with Gasteiger partial charge in [0.1, 0.15) is 18.5 Å². The number of para-hydroxylation sites is 2. The molecule has 0 aliphatic carbocycles. The molecule has 0 saturated heterocycles. The van der Waals surface area contributed by atoms with E-state index in [-0.39, 0.29) is 12.0 Å². The van der Waals surface area contributed by atoms with Gasteiger partial charge in [-0.2, -0.15) is 0 Å². The number of carbonyl (C=O) groups excluding carboxylic acids is 1. The summed E-state index contributed by atoms with van der Waals surface area (Å²) in [5, 5.41) is 0. The number of benzene rings is 2. The highest BCUT2D eigenvalue weighted by molar-refractivity contribution is 5.82. The van der Waals surface area contributed by atoms with Crippen molar-refractivity contribution in [3.8, 4) is 17.2 Å². The number of hydrogen-bond acceptors (Lipinski definition) is 4. The number of fused-ring (bicyclic) bond motifs is 1. The second-order valence-corrected chi connectivity index (χ2v) is 6.23. The minimum absolute atomic E-state index is 0.116. The smallest absolute Gasteiger partial charge is 0.267 e. The van der Waals surface area contributed by atoms with Gasteiger partial charge in [-0.05, 0) is 43.7 Å². The first kappa shape index (κ1) is 17.1. The topological polar surface area (TPSA) is 48.0 Å². The van der Waals surface area contributed by atoms with E-state index in [1.54, 1.807) is 11.9 Å². The van der Waals surface area contributed by atoms with Crippen LogP contribution in [0.15, 0.2) is 48.5 Å². The van der Waals surface area contributed by atoms with Crippen molar-refractivity contribution < 1.29 is 19.0 Å². The molecule has 5 heteroatoms. The van der Waals surface area contributed by atoms with Crippen molar-refractivity contribution in [2.24, 2.45) is 0 Å². The summed E-state index contributed by atoms with van der Waals surface area (Å²) < 4.78 is 17.4. The van der Waals surface area contributed by atoms with E-state index in [1.165, 1.54) is 0 Å². The SMILES string of the molecule is Cc1cccc(OCCN(C)C(=O)C2Oc3ccccc3OC2C)c1. The molecule has 0 spiro atoms. The lowest BCUT2D eigenvalue weighted by atomic mass is 10.1. The molecule has 132 valence electrons. The average molecular weight is 341 g/mol. The van der Waals surface area contributed by atoms with E-state index in [9.17, 15) is 4.79 Å². The van der Waals surface area contributed by atoms with Crippen molar-refractivity contribution in [2.45, 2.75) is 26.1 Å². The van der Waals surface area contributed by atoms with Crippen LogP contribution in [0.5, 0.6) is 17.2 Å². The van der Waals surface area contributed by atoms with Crippen LogP contribution in [0.3, 0.4) is 0 Å². The Bertz CT molecular complexity index is 746. The van der Waals surface area contributed by atoms with Gasteiger partial charge in [-0.15, -0.1) is 0 Å². The van der Waals surface area contributed by atoms with Gasteiger partial charge in [0.05, 0.1) is 6.54 Å². The maximum Gasteiger partial charge on any atom is 0.267 e. The third-order valence-electron chi connectivity index (χ3n) is 4.15. The number of rotatable bonds is 5. The highest BCUT2D eigenvalue weighted by atomic mass is 16.6. The van der Waals surface area contributed by atoms with Gasteiger partial charge in [-0.25, -0.2) is 0 Å². The summed E-state index contributed by atoms with van der Waals surface area (Å²) in [6.07, 6.45) is -0.999. The summed E-state index contributed by atoms with van der Waals surface area (Å²) in [4.78, 5) is 14.3. The van der Waals surface area contributed by atoms with Crippen LogP contribution in [0.2, 0.25) is 0 Å². The second-order valence-electron chi connectivity index (χ2n) is 6.23. The molecule has 0 bridgehead atoms. The van der Waals surface area contributed by atoms with Crippen LogP contribution < -0.4 is 14.2 Å². The zero-order valence-corrected chi connectivity index (χ0v) is 14.8. The quantitative estimate of drug-likeness (QED) is 0.839. The first-order valence-corrected chi connectivity index (χ1v) is 8.41. The molecule has 2 aromatic rings. The molecule has 3 rings (SSSR count). The van der Waals surface area contributed by atoms with Gasteiger partial charge in [-0.3, -0.25) is 4.79 Å². The Morgan fingerprint density at radius 3 is 2.56 bits per heavy atom. The molecule has 1 amide bonds. The summed E-state index contributed by atoms with van der Waals surface area (Å²) in [6.45, 7) is 4.75. The summed E-state index contributed by atoms with van der Waals surface area (Å²) in [7, 11) is 1.75. The largest absolute Gasteiger partial charge is 0.492 e. The fourth-order valence-corrected chi connectivity index (χ4v) is 2.72. The fourth-order valence-electron chi connectivity index (χ4n) is 2.72. The first-order valence-electron chi connectivity index (χ1n) is 8.41. The molecule has 1 aliphatic rings. The minimum atomic E-state index is -0.654. The van der Waals surface area contributed by atoms with E-state index in [1.807, 2.05) is 62.4 Å². The molecule has 0 N–H and O–H groups in total. The molecule has 2 atom stereocenters. The Hall–Kier alpha value is -2.69. The number of aryl methyl sites for hydroxylation is 1. The Labute approximate surface area is 148 Å². The number of likely N-dealkylation sites (N-methyl/N-ethyl adjacent to an activating group) is 1. The predicted molar refractivity (Wildman–Crippen MR) is 95.3 cm³/mol. The van der Waals surface area contributed by atoms with Crippen LogP contribution in [-0.4, -0.2) is 43.2 Å². The molecule has 5 nitrogen and oxygen atoms in total. The second kappa shape index (κ2) is 7.47. The summed E-state index contributed by atoms with van der Waals surface area (Å²) in [6, 6.07) is 15.2. The maximum absolute atomic E-state index is 12.7. The summed E-state index contributed by atoms with van der Waals surface area (Å²) in [5.41, 5.74) is 1.14. The van der Waals surface area contributed by atoms with Crippen molar-refractivity contribution in [2.75, 3.05) is 20.2 Å². The monoisotopic (exact) mass is 341 g/mol. The third-order valence-corrected chi connectivity index (χ3v) is 4.15. The van der Waals surface area contributed by atoms with Gasteiger partial charge >= 0.3 is 0 Å². The number of amides is 1. The van der Waals surface area contributed by atoms with E-state index in [2.05, 4.69) is 0 Å². The van der Waals surface area contributed by atoms with Crippen LogP contribution in [0.1, 0.15) is 12.5 Å². The van der Waals surface area contributed by atoms with Crippen molar-refractivity contribution in [3.63, 3.8) is 0 Å². The molecule has 1 aliphatic heterocycles. The number of hydrogen-bond donors (Lipinski definition) is 0. The Balaban J connectivity index is 1.55. The number of carbonyl (C=O) groups is 1. The third kappa shape index (κ3) is 4.05. The van der Waals surface area contributed by atoms with E-state index in [0.717, 1.165) is 11.3 Å². The Morgan fingerprint density at radius 2 is 1.84 bits per heavy atom. The van der Waals surface area contributed by atoms with Crippen LogP contribution in [-0.2, 0) is 4.79 Å². The first-order chi connectivity index (χ1) is 12.0. The molecule has 0 saturated carbocycles. The van der Waals surface area contributed by atoms with Crippen molar-refractivity contribution in [3.05, 3.63) is 54.1 Å². The van der Waals surface area contributed by atoms with E-state index < -0.39 is 6.10 Å². The van der Waals surface area contributed by atoms with Gasteiger partial charge in [0, 0.05) is 7.05 Å². The Morgan fingerprint density at radius 1 is 1.12 bits per heavy atom. The molecular weight excluding hydrogens is 318 g/mol. The van der Waals surface area contributed by atoms with Crippen molar-refractivity contribution >= 4 is 5.91 Å². The van der Waals surface area contributed by atoms with Gasteiger partial charge in [0.15, 0.2) is 11.5 Å². The van der Waals surface area contributed by atoms with Crippen LogP contribution >= 0.6 is 0 Å². The highest BCUT2D eigenvalue weighted by Crippen LogP contribution is 2.33. The normalized spacial score (nSPS) is 18.5. The number of ether oxygens (including phenoxy) is 3. The molecule has 1 heterocycles. The predicted octanol–water partition coefficient (Wildman–Crippen LogP) is 3.06. The molecule has 2 unspecified atom stereocenters. The van der Waals surface area contributed by atoms with Crippen LogP contribution in [0.4, 0.5) is 0 Å². The minimum Gasteiger partial charge on any atom is -0.492 e. The van der Waals surface area contributed by atoms with Crippen LogP contribution in [0.25, 0.3) is 0 Å². The molecule has 0 aromatic heterocycles. The van der Waals surface area contributed by atoms with E-state index in [4.69, 9.17) is 14.2 Å². The number of nitrogens with zero attached hydrogens (tertiary/aromatic N) is 1. The van der Waals surface area contributed by atoms with Gasteiger partial charge < -0.3 is 19.1 Å². The molecule has 0 fully saturated rings. The highest BCUT2D eigenvalue weighted by Gasteiger charge is 2.35. The molecule has 2 aromatic carbocycles. The van der Waals surface area contributed by atoms with Crippen molar-refractivity contribution in [1.82, 2.24) is 4.90 Å². The summed E-state index contributed by atoms with van der Waals surface area (Å²) in [5.74, 6) is 1.96. The van der Waals surface area contributed by atoms with Crippen LogP contribution in [0, 0.1) is 6.92 Å². The summed E-state index contributed by atoms with van der Waals surface area (Å²) >= 11 is 0. The zero-order chi connectivity index (χ0) is 17.8. The van der Waals surface area contributed by atoms with Crippen molar-refractivity contribution in [1.29, 1.82) is 0 Å². The Kier molecular flexibility index (Phi) is 5.12. The molecule has 0 radical (unpaired) electrons. The zero-order valence-electron chi connectivity index (χ0n) is 14.8. The lowest BCUT2D eigenvalue weighted by Crippen LogP contribution is -2.50. The van der Waals surface area contributed by atoms with Gasteiger partial charge in [0.2, 0.25) is 6.10 Å². The fraction of sp³-hybridized carbons (Fsp3) is 0.350. The standard InChI is InChI=1S/C20H23NO4/c1-14-7-6-8-16(13-14)23-12-11-21(3)20(22)19-15(2)24-17-9-4-5-10-18(17)25-19/h4-10,13,15,19H,11-12H2,1-3H3. The maximum atomic E-state index is 12.7. The van der Waals surface area contributed by atoms with Gasteiger partial charge in [-0.1, -0.05) is 24.3 Å².